The van der Waals surface area contributed by atoms with Crippen LogP contribution in [0.15, 0.2) is 77.7 Å². The molecule has 4 rings (SSSR count). The molecule has 0 saturated heterocycles. The number of rotatable bonds is 4. The summed E-state index contributed by atoms with van der Waals surface area (Å²) >= 11 is 0. The quantitative estimate of drug-likeness (QED) is 0.585. The molecule has 30 heavy (non-hydrogen) atoms. The summed E-state index contributed by atoms with van der Waals surface area (Å²) in [6.45, 7) is 2.40. The largest absolute Gasteiger partial charge is 0.265 e. The monoisotopic (exact) mass is 420 g/mol. The van der Waals surface area contributed by atoms with Crippen LogP contribution in [0.25, 0.3) is 0 Å². The van der Waals surface area contributed by atoms with Crippen molar-refractivity contribution in [1.29, 1.82) is 0 Å². The molecule has 0 N–H and O–H groups in total. The average molecular weight is 421 g/mol. The molecule has 0 aromatic heterocycles. The molecular formula is C24H21FN2O2S. The maximum Gasteiger partial charge on any atom is 0.265 e. The van der Waals surface area contributed by atoms with Gasteiger partial charge >= 0.3 is 0 Å². The normalized spacial score (nSPS) is 16.7. The molecule has 3 aromatic carbocycles. The topological polar surface area (TPSA) is 40.6 Å². The zero-order valence-electron chi connectivity index (χ0n) is 16.5. The van der Waals surface area contributed by atoms with E-state index in [0.29, 0.717) is 12.2 Å². The van der Waals surface area contributed by atoms with Crippen molar-refractivity contribution in [2.75, 3.05) is 11.0 Å². The van der Waals surface area contributed by atoms with Crippen molar-refractivity contribution in [2.24, 2.45) is 0 Å². The first-order valence-electron chi connectivity index (χ1n) is 9.53. The van der Waals surface area contributed by atoms with Gasteiger partial charge in [-0.2, -0.15) is 0 Å². The van der Waals surface area contributed by atoms with Crippen LogP contribution in [-0.2, 0) is 16.6 Å². The Kier molecular flexibility index (Phi) is 5.33. The van der Waals surface area contributed by atoms with E-state index >= 15 is 0 Å². The molecule has 0 fully saturated rings. The van der Waals surface area contributed by atoms with Crippen LogP contribution in [0.5, 0.6) is 0 Å². The van der Waals surface area contributed by atoms with Gasteiger partial charge in [0.2, 0.25) is 0 Å². The lowest BCUT2D eigenvalue weighted by molar-refractivity contribution is 0.226. The molecule has 1 aliphatic heterocycles. The smallest absolute Gasteiger partial charge is 0.263 e. The van der Waals surface area contributed by atoms with Crippen molar-refractivity contribution >= 4 is 15.7 Å². The van der Waals surface area contributed by atoms with E-state index in [1.165, 1.54) is 16.4 Å². The van der Waals surface area contributed by atoms with Gasteiger partial charge in [-0.1, -0.05) is 53.9 Å². The Morgan fingerprint density at radius 1 is 1.03 bits per heavy atom. The molecule has 0 amide bonds. The highest BCUT2D eigenvalue weighted by atomic mass is 32.2. The molecule has 0 unspecified atom stereocenters. The highest BCUT2D eigenvalue weighted by molar-refractivity contribution is 7.92. The number of fused-ring (bicyclic) bond motifs is 1. The van der Waals surface area contributed by atoms with Crippen molar-refractivity contribution in [1.82, 2.24) is 4.90 Å². The van der Waals surface area contributed by atoms with Gasteiger partial charge in [-0.3, -0.25) is 9.21 Å². The van der Waals surface area contributed by atoms with E-state index in [1.807, 2.05) is 24.0 Å². The SMILES string of the molecule is C#C[C@H]1c2ccccc2N(S(=O)(=O)c2ccc(C)cc2)CN1Cc1ccc(F)cc1. The summed E-state index contributed by atoms with van der Waals surface area (Å²) in [6.07, 6.45) is 5.85. The van der Waals surface area contributed by atoms with Crippen LogP contribution in [0.4, 0.5) is 10.1 Å². The molecule has 1 heterocycles. The Labute approximate surface area is 176 Å². The lowest BCUT2D eigenvalue weighted by Crippen LogP contribution is -2.47. The summed E-state index contributed by atoms with van der Waals surface area (Å²) < 4.78 is 41.7. The molecule has 0 spiro atoms. The molecule has 0 bridgehead atoms. The van der Waals surface area contributed by atoms with E-state index in [9.17, 15) is 12.8 Å². The second kappa shape index (κ2) is 7.94. The van der Waals surface area contributed by atoms with Gasteiger partial charge in [0.15, 0.2) is 0 Å². The molecule has 0 radical (unpaired) electrons. The van der Waals surface area contributed by atoms with Crippen LogP contribution in [0.2, 0.25) is 0 Å². The lowest BCUT2D eigenvalue weighted by Gasteiger charge is -2.41. The molecule has 0 aliphatic carbocycles. The van der Waals surface area contributed by atoms with Crippen LogP contribution in [-0.4, -0.2) is 20.0 Å². The summed E-state index contributed by atoms with van der Waals surface area (Å²) in [4.78, 5) is 2.13. The van der Waals surface area contributed by atoms with Gasteiger partial charge in [0.05, 0.1) is 17.3 Å². The summed E-state index contributed by atoms with van der Waals surface area (Å²) in [5.74, 6) is 2.47. The number of terminal acetylenes is 1. The number of aryl methyl sites for hydroxylation is 1. The van der Waals surface area contributed by atoms with Gasteiger partial charge in [0.1, 0.15) is 11.9 Å². The van der Waals surface area contributed by atoms with Gasteiger partial charge in [-0.15, -0.1) is 6.42 Å². The fraction of sp³-hybridized carbons (Fsp3) is 0.167. The van der Waals surface area contributed by atoms with Crippen molar-refractivity contribution in [3.63, 3.8) is 0 Å². The Bertz CT molecular complexity index is 1200. The number of anilines is 1. The zero-order valence-corrected chi connectivity index (χ0v) is 17.3. The predicted molar refractivity (Wildman–Crippen MR) is 116 cm³/mol. The van der Waals surface area contributed by atoms with E-state index in [2.05, 4.69) is 5.92 Å². The van der Waals surface area contributed by atoms with Crippen LogP contribution in [0.3, 0.4) is 0 Å². The highest BCUT2D eigenvalue weighted by Gasteiger charge is 2.36. The van der Waals surface area contributed by atoms with Crippen molar-refractivity contribution in [2.45, 2.75) is 24.4 Å². The van der Waals surface area contributed by atoms with Gasteiger partial charge in [0.25, 0.3) is 10.0 Å². The number of sulfonamides is 1. The molecule has 6 heteroatoms. The second-order valence-electron chi connectivity index (χ2n) is 7.31. The standard InChI is InChI=1S/C24H21FN2O2S/c1-3-23-22-6-4-5-7-24(22)27(30(28,29)21-14-8-18(2)9-15-21)17-26(23)16-19-10-12-20(25)13-11-19/h1,4-15,23H,16-17H2,2H3/t23-/m0/s1. The first kappa shape index (κ1) is 20.1. The summed E-state index contributed by atoms with van der Waals surface area (Å²) in [5.41, 5.74) is 3.17. The third-order valence-corrected chi connectivity index (χ3v) is 7.00. The first-order valence-corrected chi connectivity index (χ1v) is 11.0. The third kappa shape index (κ3) is 3.70. The Balaban J connectivity index is 1.77. The molecule has 0 saturated carbocycles. The van der Waals surface area contributed by atoms with Crippen molar-refractivity contribution in [3.8, 4) is 12.3 Å². The minimum Gasteiger partial charge on any atom is -0.263 e. The Morgan fingerprint density at radius 2 is 1.70 bits per heavy atom. The van der Waals surface area contributed by atoms with Crippen LogP contribution >= 0.6 is 0 Å². The van der Waals surface area contributed by atoms with Gasteiger partial charge in [-0.25, -0.2) is 12.8 Å². The summed E-state index contributed by atoms with van der Waals surface area (Å²) in [5, 5.41) is 0. The van der Waals surface area contributed by atoms with Crippen LogP contribution in [0, 0.1) is 25.1 Å². The summed E-state index contributed by atoms with van der Waals surface area (Å²) in [7, 11) is -3.79. The minimum absolute atomic E-state index is 0.0967. The predicted octanol–water partition coefficient (Wildman–Crippen LogP) is 4.48. The van der Waals surface area contributed by atoms with E-state index in [4.69, 9.17) is 6.42 Å². The molecule has 152 valence electrons. The van der Waals surface area contributed by atoms with E-state index < -0.39 is 16.1 Å². The molecule has 4 nitrogen and oxygen atoms in total. The number of para-hydroxylation sites is 1. The summed E-state index contributed by atoms with van der Waals surface area (Å²) in [6, 6.07) is 19.8. The van der Waals surface area contributed by atoms with Crippen molar-refractivity contribution in [3.05, 3.63) is 95.3 Å². The Morgan fingerprint density at radius 3 is 2.37 bits per heavy atom. The Hall–Kier alpha value is -3.14. The van der Waals surface area contributed by atoms with E-state index in [0.717, 1.165) is 16.7 Å². The highest BCUT2D eigenvalue weighted by Crippen LogP contribution is 2.38. The molecular weight excluding hydrogens is 399 g/mol. The second-order valence-corrected chi connectivity index (χ2v) is 9.17. The zero-order chi connectivity index (χ0) is 21.3. The van der Waals surface area contributed by atoms with Gasteiger partial charge in [-0.05, 0) is 42.8 Å². The number of nitrogens with zero attached hydrogens (tertiary/aromatic N) is 2. The maximum atomic E-state index is 13.5. The van der Waals surface area contributed by atoms with E-state index in [-0.39, 0.29) is 17.4 Å². The fourth-order valence-electron chi connectivity index (χ4n) is 3.67. The number of hydrogen-bond acceptors (Lipinski definition) is 3. The van der Waals surface area contributed by atoms with E-state index in [1.54, 1.807) is 48.5 Å². The van der Waals surface area contributed by atoms with Gasteiger partial charge in [0, 0.05) is 12.1 Å². The molecule has 1 aliphatic rings. The molecule has 3 aromatic rings. The minimum atomic E-state index is -3.79. The number of hydrogen-bond donors (Lipinski definition) is 0. The third-order valence-electron chi connectivity index (χ3n) is 5.24. The number of benzene rings is 3. The molecule has 1 atom stereocenters. The fourth-order valence-corrected chi connectivity index (χ4v) is 5.13. The first-order chi connectivity index (χ1) is 14.4. The average Bonchev–Trinajstić information content (AvgIpc) is 2.75. The number of halogens is 1. The van der Waals surface area contributed by atoms with Crippen molar-refractivity contribution < 1.29 is 12.8 Å². The van der Waals surface area contributed by atoms with Gasteiger partial charge < -0.3 is 0 Å². The van der Waals surface area contributed by atoms with Crippen LogP contribution in [0.1, 0.15) is 22.7 Å². The maximum absolute atomic E-state index is 13.5. The lowest BCUT2D eigenvalue weighted by atomic mass is 10.0. The van der Waals surface area contributed by atoms with Crippen LogP contribution < -0.4 is 4.31 Å².